The molecular weight excluding hydrogens is 258 g/mol. The molecule has 2 bridgehead atoms. The number of benzene rings is 1. The maximum Gasteiger partial charge on any atom is 0.243 e. The van der Waals surface area contributed by atoms with Gasteiger partial charge in [0, 0.05) is 12.6 Å². The standard InChI is InChI=1S/C15H19NO2S/c1-12-5-7-15(8-6-12)19(17,18)16-10-9-13-3-2-4-14(16)11-13/h2,4-8,13-14H,3,9-11H2,1H3/t13-,14-/m0/s1. The summed E-state index contributed by atoms with van der Waals surface area (Å²) in [7, 11) is -3.35. The molecule has 3 nitrogen and oxygen atoms in total. The molecule has 2 atom stereocenters. The largest absolute Gasteiger partial charge is 0.243 e. The number of rotatable bonds is 2. The van der Waals surface area contributed by atoms with Gasteiger partial charge in [-0.3, -0.25) is 0 Å². The number of nitrogens with zero attached hydrogens (tertiary/aromatic N) is 1. The lowest BCUT2D eigenvalue weighted by Crippen LogP contribution is -2.46. The zero-order chi connectivity index (χ0) is 13.5. The van der Waals surface area contributed by atoms with Crippen LogP contribution in [0.2, 0.25) is 0 Å². The topological polar surface area (TPSA) is 37.4 Å². The molecule has 1 aliphatic heterocycles. The molecule has 0 aromatic heterocycles. The Hall–Kier alpha value is -1.13. The second-order valence-electron chi connectivity index (χ2n) is 5.55. The zero-order valence-electron chi connectivity index (χ0n) is 11.1. The molecule has 1 aromatic carbocycles. The Morgan fingerprint density at radius 1 is 1.21 bits per heavy atom. The minimum Gasteiger partial charge on any atom is -0.207 e. The van der Waals surface area contributed by atoms with Crippen LogP contribution in [-0.4, -0.2) is 25.3 Å². The van der Waals surface area contributed by atoms with E-state index in [0.29, 0.717) is 17.4 Å². The molecule has 1 fully saturated rings. The lowest BCUT2D eigenvalue weighted by atomic mass is 9.85. The van der Waals surface area contributed by atoms with Crippen LogP contribution in [0.25, 0.3) is 0 Å². The summed E-state index contributed by atoms with van der Waals surface area (Å²) in [5.74, 6) is 0.666. The first kappa shape index (κ1) is 12.9. The summed E-state index contributed by atoms with van der Waals surface area (Å²) in [6.07, 6.45) is 7.25. The molecule has 2 aliphatic rings. The van der Waals surface area contributed by atoms with Gasteiger partial charge >= 0.3 is 0 Å². The van der Waals surface area contributed by atoms with Crippen molar-refractivity contribution in [2.24, 2.45) is 5.92 Å². The van der Waals surface area contributed by atoms with Gasteiger partial charge in [-0.25, -0.2) is 8.42 Å². The van der Waals surface area contributed by atoms with E-state index in [2.05, 4.69) is 12.2 Å². The predicted molar refractivity (Wildman–Crippen MR) is 75.3 cm³/mol. The van der Waals surface area contributed by atoms with E-state index in [1.165, 1.54) is 0 Å². The van der Waals surface area contributed by atoms with Gasteiger partial charge in [0.1, 0.15) is 0 Å². The first-order chi connectivity index (χ1) is 9.07. The fourth-order valence-electron chi connectivity index (χ4n) is 3.01. The Bertz CT molecular complexity index is 589. The van der Waals surface area contributed by atoms with Crippen LogP contribution in [0.5, 0.6) is 0 Å². The fourth-order valence-corrected chi connectivity index (χ4v) is 4.62. The summed E-state index contributed by atoms with van der Waals surface area (Å²) in [4.78, 5) is 0.413. The van der Waals surface area contributed by atoms with Gasteiger partial charge in [-0.15, -0.1) is 0 Å². The third-order valence-corrected chi connectivity index (χ3v) is 6.10. The number of fused-ring (bicyclic) bond motifs is 2. The van der Waals surface area contributed by atoms with Crippen LogP contribution in [-0.2, 0) is 10.0 Å². The molecule has 1 saturated heterocycles. The van der Waals surface area contributed by atoms with Crippen LogP contribution in [0, 0.1) is 12.8 Å². The van der Waals surface area contributed by atoms with Crippen LogP contribution < -0.4 is 0 Å². The van der Waals surface area contributed by atoms with Crippen molar-refractivity contribution < 1.29 is 8.42 Å². The Balaban J connectivity index is 1.94. The van der Waals surface area contributed by atoms with Crippen LogP contribution in [0.1, 0.15) is 24.8 Å². The molecule has 1 aliphatic carbocycles. The molecule has 3 rings (SSSR count). The average Bonchev–Trinajstić information content (AvgIpc) is 2.39. The smallest absolute Gasteiger partial charge is 0.207 e. The molecule has 0 saturated carbocycles. The Morgan fingerprint density at radius 2 is 1.95 bits per heavy atom. The van der Waals surface area contributed by atoms with Crippen molar-refractivity contribution in [1.82, 2.24) is 4.31 Å². The number of hydrogen-bond acceptors (Lipinski definition) is 2. The predicted octanol–water partition coefficient (Wildman–Crippen LogP) is 2.72. The molecule has 1 heterocycles. The van der Waals surface area contributed by atoms with E-state index in [-0.39, 0.29) is 6.04 Å². The molecule has 19 heavy (non-hydrogen) atoms. The second kappa shape index (κ2) is 4.76. The first-order valence-corrected chi connectivity index (χ1v) is 8.26. The molecule has 0 N–H and O–H groups in total. The summed E-state index contributed by atoms with van der Waals surface area (Å²) < 4.78 is 27.1. The summed E-state index contributed by atoms with van der Waals surface area (Å²) in [5, 5.41) is 0. The second-order valence-corrected chi connectivity index (χ2v) is 7.44. The van der Waals surface area contributed by atoms with Crippen molar-refractivity contribution in [2.75, 3.05) is 6.54 Å². The fraction of sp³-hybridized carbons (Fsp3) is 0.467. The van der Waals surface area contributed by atoms with Crippen LogP contribution in [0.15, 0.2) is 41.3 Å². The van der Waals surface area contributed by atoms with Crippen LogP contribution in [0.4, 0.5) is 0 Å². The van der Waals surface area contributed by atoms with Crippen molar-refractivity contribution >= 4 is 10.0 Å². The highest BCUT2D eigenvalue weighted by Crippen LogP contribution is 2.34. The maximum absolute atomic E-state index is 12.7. The maximum atomic E-state index is 12.7. The third kappa shape index (κ3) is 2.35. The molecule has 0 spiro atoms. The van der Waals surface area contributed by atoms with E-state index in [4.69, 9.17) is 0 Å². The quantitative estimate of drug-likeness (QED) is 0.779. The van der Waals surface area contributed by atoms with Crippen molar-refractivity contribution in [3.05, 3.63) is 42.0 Å². The van der Waals surface area contributed by atoms with Crippen molar-refractivity contribution in [2.45, 2.75) is 37.1 Å². The van der Waals surface area contributed by atoms with Gasteiger partial charge in [0.2, 0.25) is 10.0 Å². The van der Waals surface area contributed by atoms with Gasteiger partial charge in [-0.1, -0.05) is 29.8 Å². The summed E-state index contributed by atoms with van der Waals surface area (Å²) in [5.41, 5.74) is 1.08. The molecule has 0 radical (unpaired) electrons. The molecular formula is C15H19NO2S. The third-order valence-electron chi connectivity index (χ3n) is 4.16. The first-order valence-electron chi connectivity index (χ1n) is 6.82. The lowest BCUT2D eigenvalue weighted by molar-refractivity contribution is 0.218. The number of hydrogen-bond donors (Lipinski definition) is 0. The highest BCUT2D eigenvalue weighted by atomic mass is 32.2. The highest BCUT2D eigenvalue weighted by molar-refractivity contribution is 7.89. The number of aryl methyl sites for hydroxylation is 1. The Labute approximate surface area is 115 Å². The van der Waals surface area contributed by atoms with E-state index in [0.717, 1.165) is 24.8 Å². The van der Waals surface area contributed by atoms with Gasteiger partial charge < -0.3 is 0 Å². The van der Waals surface area contributed by atoms with E-state index in [9.17, 15) is 8.42 Å². The zero-order valence-corrected chi connectivity index (χ0v) is 11.9. The molecule has 1 aromatic rings. The van der Waals surface area contributed by atoms with E-state index >= 15 is 0 Å². The summed E-state index contributed by atoms with van der Waals surface area (Å²) >= 11 is 0. The van der Waals surface area contributed by atoms with Crippen LogP contribution >= 0.6 is 0 Å². The van der Waals surface area contributed by atoms with Gasteiger partial charge in [0.25, 0.3) is 0 Å². The van der Waals surface area contributed by atoms with Gasteiger partial charge in [-0.05, 0) is 44.2 Å². The minimum atomic E-state index is -3.35. The minimum absolute atomic E-state index is 0.0544. The Kier molecular flexibility index (Phi) is 3.23. The normalized spacial score (nSPS) is 27.4. The van der Waals surface area contributed by atoms with Crippen molar-refractivity contribution in [3.63, 3.8) is 0 Å². The summed E-state index contributed by atoms with van der Waals surface area (Å²) in [6.45, 7) is 2.61. The van der Waals surface area contributed by atoms with E-state index < -0.39 is 10.0 Å². The molecule has 0 amide bonds. The number of piperidine rings is 1. The highest BCUT2D eigenvalue weighted by Gasteiger charge is 2.36. The van der Waals surface area contributed by atoms with Gasteiger partial charge in [0.05, 0.1) is 4.90 Å². The van der Waals surface area contributed by atoms with Gasteiger partial charge in [0.15, 0.2) is 0 Å². The van der Waals surface area contributed by atoms with E-state index in [1.54, 1.807) is 16.4 Å². The number of allylic oxidation sites excluding steroid dienone is 1. The molecule has 4 heteroatoms. The van der Waals surface area contributed by atoms with Crippen molar-refractivity contribution in [1.29, 1.82) is 0 Å². The van der Waals surface area contributed by atoms with Crippen molar-refractivity contribution in [3.8, 4) is 0 Å². The average molecular weight is 277 g/mol. The molecule has 0 unspecified atom stereocenters. The lowest BCUT2D eigenvalue weighted by Gasteiger charge is -2.39. The van der Waals surface area contributed by atoms with Gasteiger partial charge in [-0.2, -0.15) is 4.31 Å². The monoisotopic (exact) mass is 277 g/mol. The number of sulfonamides is 1. The SMILES string of the molecule is Cc1ccc(S(=O)(=O)N2CC[C@@H]3CC=C[C@H]2C3)cc1. The molecule has 102 valence electrons. The Morgan fingerprint density at radius 3 is 2.68 bits per heavy atom. The van der Waals surface area contributed by atoms with E-state index in [1.807, 2.05) is 19.1 Å². The van der Waals surface area contributed by atoms with Crippen LogP contribution in [0.3, 0.4) is 0 Å². The summed E-state index contributed by atoms with van der Waals surface area (Å²) in [6, 6.07) is 7.19.